The Morgan fingerprint density at radius 3 is 2.52 bits per heavy atom. The Hall–Kier alpha value is -1.84. The van der Waals surface area contributed by atoms with Gasteiger partial charge in [-0.3, -0.25) is 9.59 Å². The molecule has 0 radical (unpaired) electrons. The molecular formula is C23H32N2O2. The van der Waals surface area contributed by atoms with Crippen LogP contribution in [0.25, 0.3) is 0 Å². The van der Waals surface area contributed by atoms with Crippen molar-refractivity contribution in [3.63, 3.8) is 0 Å². The number of hydrogen-bond donors (Lipinski definition) is 1. The minimum Gasteiger partial charge on any atom is -0.359 e. The summed E-state index contributed by atoms with van der Waals surface area (Å²) in [4.78, 5) is 27.1. The Kier molecular flexibility index (Phi) is 5.25. The van der Waals surface area contributed by atoms with Crippen LogP contribution in [0.5, 0.6) is 0 Å². The monoisotopic (exact) mass is 368 g/mol. The van der Waals surface area contributed by atoms with E-state index in [2.05, 4.69) is 34.5 Å². The molecule has 1 aliphatic heterocycles. The normalized spacial score (nSPS) is 24.6. The highest BCUT2D eigenvalue weighted by Gasteiger charge is 2.46. The fourth-order valence-electron chi connectivity index (χ4n) is 5.77. The predicted molar refractivity (Wildman–Crippen MR) is 107 cm³/mol. The van der Waals surface area contributed by atoms with Crippen molar-refractivity contribution in [1.82, 2.24) is 10.2 Å². The summed E-state index contributed by atoms with van der Waals surface area (Å²) >= 11 is 0. The molecule has 0 bridgehead atoms. The lowest BCUT2D eigenvalue weighted by atomic mass is 9.73. The van der Waals surface area contributed by atoms with Crippen LogP contribution in [0.15, 0.2) is 24.3 Å². The van der Waals surface area contributed by atoms with E-state index in [1.165, 1.54) is 30.4 Å². The minimum atomic E-state index is 0.122. The van der Waals surface area contributed by atoms with Crippen molar-refractivity contribution < 1.29 is 9.59 Å². The predicted octanol–water partition coefficient (Wildman–Crippen LogP) is 3.75. The van der Waals surface area contributed by atoms with Gasteiger partial charge in [0.25, 0.3) is 0 Å². The number of likely N-dealkylation sites (tertiary alicyclic amines) is 1. The van der Waals surface area contributed by atoms with E-state index in [1.807, 2.05) is 0 Å². The lowest BCUT2D eigenvalue weighted by Crippen LogP contribution is -2.46. The van der Waals surface area contributed by atoms with Gasteiger partial charge in [0.15, 0.2) is 0 Å². The van der Waals surface area contributed by atoms with E-state index >= 15 is 0 Å². The Labute approximate surface area is 162 Å². The number of rotatable bonds is 3. The van der Waals surface area contributed by atoms with Crippen LogP contribution in [0, 0.1) is 5.92 Å². The number of nitrogens with zero attached hydrogens (tertiary/aromatic N) is 1. The third kappa shape index (κ3) is 3.51. The molecule has 4 nitrogen and oxygen atoms in total. The van der Waals surface area contributed by atoms with Gasteiger partial charge in [-0.15, -0.1) is 0 Å². The largest absolute Gasteiger partial charge is 0.359 e. The van der Waals surface area contributed by atoms with Crippen LogP contribution >= 0.6 is 0 Å². The molecule has 3 aliphatic rings. The van der Waals surface area contributed by atoms with Crippen molar-refractivity contribution in [2.45, 2.75) is 69.1 Å². The fourth-order valence-corrected chi connectivity index (χ4v) is 5.77. The number of carbonyl (C=O) groups excluding carboxylic acids is 2. The standard InChI is InChI=1S/C23H32N2O2/c1-24-21(26)15-18-16-23(20-10-6-5-9-19(18)20)11-13-25(14-12-23)22(27)17-7-3-2-4-8-17/h5-6,9-10,17-18H,2-4,7-8,11-16H2,1H3,(H,24,26)/t18-/m1/s1. The van der Waals surface area contributed by atoms with E-state index in [1.54, 1.807) is 7.05 Å². The van der Waals surface area contributed by atoms with Crippen molar-refractivity contribution >= 4 is 11.8 Å². The second kappa shape index (κ2) is 7.65. The van der Waals surface area contributed by atoms with Gasteiger partial charge in [-0.2, -0.15) is 0 Å². The summed E-state index contributed by atoms with van der Waals surface area (Å²) in [6.07, 6.45) is 9.56. The van der Waals surface area contributed by atoms with Crippen LogP contribution in [-0.4, -0.2) is 36.9 Å². The van der Waals surface area contributed by atoms with Crippen molar-refractivity contribution in [2.24, 2.45) is 5.92 Å². The number of hydrogen-bond acceptors (Lipinski definition) is 2. The first kappa shape index (κ1) is 18.5. The molecule has 2 amide bonds. The number of fused-ring (bicyclic) bond motifs is 2. The molecule has 0 unspecified atom stereocenters. The molecule has 1 atom stereocenters. The zero-order valence-electron chi connectivity index (χ0n) is 16.5. The zero-order valence-corrected chi connectivity index (χ0v) is 16.5. The van der Waals surface area contributed by atoms with E-state index in [0.29, 0.717) is 18.2 Å². The van der Waals surface area contributed by atoms with Gasteiger partial charge in [0.05, 0.1) is 0 Å². The van der Waals surface area contributed by atoms with Crippen molar-refractivity contribution in [3.05, 3.63) is 35.4 Å². The average Bonchev–Trinajstić information content (AvgIpc) is 3.02. The lowest BCUT2D eigenvalue weighted by Gasteiger charge is -2.42. The molecule has 2 fully saturated rings. The van der Waals surface area contributed by atoms with E-state index < -0.39 is 0 Å². The van der Waals surface area contributed by atoms with E-state index in [9.17, 15) is 9.59 Å². The molecule has 1 N–H and O–H groups in total. The van der Waals surface area contributed by atoms with Gasteiger partial charge in [0.1, 0.15) is 0 Å². The first-order chi connectivity index (χ1) is 13.1. The van der Waals surface area contributed by atoms with Crippen LogP contribution in [0.3, 0.4) is 0 Å². The van der Waals surface area contributed by atoms with Crippen LogP contribution in [0.1, 0.15) is 74.8 Å². The summed E-state index contributed by atoms with van der Waals surface area (Å²) in [5.41, 5.74) is 2.94. The number of nitrogens with one attached hydrogen (secondary N) is 1. The maximum atomic E-state index is 12.9. The van der Waals surface area contributed by atoms with Gasteiger partial charge in [0.2, 0.25) is 11.8 Å². The quantitative estimate of drug-likeness (QED) is 0.883. The smallest absolute Gasteiger partial charge is 0.225 e. The molecule has 1 spiro atoms. The Balaban J connectivity index is 1.47. The van der Waals surface area contributed by atoms with E-state index in [0.717, 1.165) is 45.2 Å². The number of amides is 2. The van der Waals surface area contributed by atoms with Gasteiger partial charge in [-0.25, -0.2) is 0 Å². The second-order valence-corrected chi connectivity index (χ2v) is 8.81. The van der Waals surface area contributed by atoms with E-state index in [4.69, 9.17) is 0 Å². The molecule has 1 saturated carbocycles. The van der Waals surface area contributed by atoms with Gasteiger partial charge in [-0.1, -0.05) is 43.5 Å². The number of piperidine rings is 1. The summed E-state index contributed by atoms with van der Waals surface area (Å²) in [7, 11) is 1.72. The first-order valence-corrected chi connectivity index (χ1v) is 10.7. The van der Waals surface area contributed by atoms with Gasteiger partial charge < -0.3 is 10.2 Å². The van der Waals surface area contributed by atoms with Crippen LogP contribution in [0.2, 0.25) is 0 Å². The summed E-state index contributed by atoms with van der Waals surface area (Å²) in [6.45, 7) is 1.74. The Bertz CT molecular complexity index is 700. The minimum absolute atomic E-state index is 0.122. The molecule has 1 saturated heterocycles. The highest BCUT2D eigenvalue weighted by molar-refractivity contribution is 5.79. The molecule has 4 heteroatoms. The molecular weight excluding hydrogens is 336 g/mol. The highest BCUT2D eigenvalue weighted by Crippen LogP contribution is 2.52. The fraction of sp³-hybridized carbons (Fsp3) is 0.652. The summed E-state index contributed by atoms with van der Waals surface area (Å²) in [5.74, 6) is 1.10. The zero-order chi connectivity index (χ0) is 18.9. The SMILES string of the molecule is CNC(=O)C[C@@H]1CC2(CCN(C(=O)C3CCCCC3)CC2)c2ccccc21. The summed E-state index contributed by atoms with van der Waals surface area (Å²) < 4.78 is 0. The number of carbonyl (C=O) groups is 2. The van der Waals surface area contributed by atoms with Crippen molar-refractivity contribution in [3.8, 4) is 0 Å². The average molecular weight is 369 g/mol. The molecule has 4 rings (SSSR count). The summed E-state index contributed by atoms with van der Waals surface area (Å²) in [5, 5.41) is 2.78. The first-order valence-electron chi connectivity index (χ1n) is 10.7. The molecule has 1 aromatic carbocycles. The molecule has 2 aliphatic carbocycles. The van der Waals surface area contributed by atoms with Crippen molar-refractivity contribution in [2.75, 3.05) is 20.1 Å². The van der Waals surface area contributed by atoms with Crippen LogP contribution in [-0.2, 0) is 15.0 Å². The highest BCUT2D eigenvalue weighted by atomic mass is 16.2. The molecule has 146 valence electrons. The van der Waals surface area contributed by atoms with Gasteiger partial charge in [0, 0.05) is 32.5 Å². The molecule has 1 aromatic rings. The topological polar surface area (TPSA) is 49.4 Å². The third-order valence-corrected chi connectivity index (χ3v) is 7.31. The lowest BCUT2D eigenvalue weighted by molar-refractivity contribution is -0.138. The maximum Gasteiger partial charge on any atom is 0.225 e. The van der Waals surface area contributed by atoms with Gasteiger partial charge in [-0.05, 0) is 54.6 Å². The molecule has 0 aromatic heterocycles. The molecule has 27 heavy (non-hydrogen) atoms. The Morgan fingerprint density at radius 1 is 1.11 bits per heavy atom. The molecule has 1 heterocycles. The number of benzene rings is 1. The van der Waals surface area contributed by atoms with E-state index in [-0.39, 0.29) is 17.2 Å². The van der Waals surface area contributed by atoms with Crippen molar-refractivity contribution in [1.29, 1.82) is 0 Å². The second-order valence-electron chi connectivity index (χ2n) is 8.81. The third-order valence-electron chi connectivity index (χ3n) is 7.31. The van der Waals surface area contributed by atoms with Crippen LogP contribution < -0.4 is 5.32 Å². The van der Waals surface area contributed by atoms with Gasteiger partial charge >= 0.3 is 0 Å². The maximum absolute atomic E-state index is 12.9. The summed E-state index contributed by atoms with van der Waals surface area (Å²) in [6, 6.07) is 8.69. The Morgan fingerprint density at radius 2 is 1.81 bits per heavy atom. The van der Waals surface area contributed by atoms with Crippen LogP contribution in [0.4, 0.5) is 0 Å².